The van der Waals surface area contributed by atoms with Crippen LogP contribution in [0.15, 0.2) is 18.2 Å². The van der Waals surface area contributed by atoms with E-state index in [4.69, 9.17) is 15.2 Å². The van der Waals surface area contributed by atoms with Gasteiger partial charge in [-0.1, -0.05) is 6.07 Å². The van der Waals surface area contributed by atoms with Crippen molar-refractivity contribution in [2.75, 3.05) is 19.5 Å². The molecular weight excluding hydrogens is 218 g/mol. The van der Waals surface area contributed by atoms with Gasteiger partial charge in [-0.3, -0.25) is 4.79 Å². The highest BCUT2D eigenvalue weighted by molar-refractivity contribution is 5.82. The number of rotatable bonds is 4. The molecule has 0 amide bonds. The molecule has 94 valence electrons. The third-order valence-corrected chi connectivity index (χ3v) is 2.74. The van der Waals surface area contributed by atoms with Crippen molar-refractivity contribution < 1.29 is 14.3 Å². The van der Waals surface area contributed by atoms with Gasteiger partial charge in [0.2, 0.25) is 0 Å². The van der Waals surface area contributed by atoms with E-state index in [-0.39, 0.29) is 5.97 Å². The largest absolute Gasteiger partial charge is 0.495 e. The van der Waals surface area contributed by atoms with E-state index in [0.29, 0.717) is 18.0 Å². The molecule has 2 N–H and O–H groups in total. The number of anilines is 1. The maximum atomic E-state index is 11.9. The van der Waals surface area contributed by atoms with Crippen molar-refractivity contribution in [3.05, 3.63) is 23.8 Å². The van der Waals surface area contributed by atoms with Gasteiger partial charge in [-0.05, 0) is 38.5 Å². The van der Waals surface area contributed by atoms with Crippen LogP contribution in [0, 0.1) is 0 Å². The lowest BCUT2D eigenvalue weighted by atomic mass is 9.84. The molecule has 4 nitrogen and oxygen atoms in total. The molecule has 4 heteroatoms. The highest BCUT2D eigenvalue weighted by Crippen LogP contribution is 2.31. The van der Waals surface area contributed by atoms with Gasteiger partial charge in [-0.15, -0.1) is 0 Å². The molecule has 0 unspecified atom stereocenters. The molecule has 1 rings (SSSR count). The number of carbonyl (C=O) groups is 1. The summed E-state index contributed by atoms with van der Waals surface area (Å²) in [7, 11) is 1.55. The molecule has 0 spiro atoms. The zero-order valence-corrected chi connectivity index (χ0v) is 10.7. The summed E-state index contributed by atoms with van der Waals surface area (Å²) in [5.74, 6) is 0.312. The van der Waals surface area contributed by atoms with E-state index in [1.807, 2.05) is 19.9 Å². The average Bonchev–Trinajstić information content (AvgIpc) is 2.29. The fraction of sp³-hybridized carbons (Fsp3) is 0.462. The Balaban J connectivity index is 3.10. The van der Waals surface area contributed by atoms with Crippen LogP contribution in [0.1, 0.15) is 26.3 Å². The number of benzene rings is 1. The second-order valence-electron chi connectivity index (χ2n) is 4.30. The van der Waals surface area contributed by atoms with Crippen LogP contribution in [0.4, 0.5) is 5.69 Å². The smallest absolute Gasteiger partial charge is 0.315 e. The number of ether oxygens (including phenoxy) is 2. The SMILES string of the molecule is CCOC(=O)C(C)(C)c1ccc(N)c(OC)c1. The first-order chi connectivity index (χ1) is 7.93. The molecule has 0 heterocycles. The van der Waals surface area contributed by atoms with Gasteiger partial charge in [0, 0.05) is 0 Å². The van der Waals surface area contributed by atoms with Gasteiger partial charge in [0.1, 0.15) is 5.75 Å². The first kappa shape index (κ1) is 13.4. The molecule has 0 aromatic heterocycles. The van der Waals surface area contributed by atoms with Gasteiger partial charge in [-0.2, -0.15) is 0 Å². The van der Waals surface area contributed by atoms with E-state index < -0.39 is 5.41 Å². The molecule has 0 aliphatic carbocycles. The Hall–Kier alpha value is -1.71. The molecule has 0 fully saturated rings. The molecular formula is C13H19NO3. The molecule has 0 saturated heterocycles. The summed E-state index contributed by atoms with van der Waals surface area (Å²) in [6, 6.07) is 5.32. The van der Waals surface area contributed by atoms with Gasteiger partial charge in [0.25, 0.3) is 0 Å². The Morgan fingerprint density at radius 3 is 2.59 bits per heavy atom. The molecule has 1 aromatic rings. The van der Waals surface area contributed by atoms with E-state index in [1.54, 1.807) is 26.2 Å². The molecule has 0 atom stereocenters. The zero-order chi connectivity index (χ0) is 13.1. The van der Waals surface area contributed by atoms with Crippen LogP contribution in [0.3, 0.4) is 0 Å². The van der Waals surface area contributed by atoms with Crippen molar-refractivity contribution in [3.63, 3.8) is 0 Å². The maximum absolute atomic E-state index is 11.9. The Kier molecular flexibility index (Phi) is 3.99. The molecule has 0 saturated carbocycles. The van der Waals surface area contributed by atoms with Crippen LogP contribution in [0.25, 0.3) is 0 Å². The molecule has 1 aromatic carbocycles. The van der Waals surface area contributed by atoms with Crippen molar-refractivity contribution >= 4 is 11.7 Å². The number of esters is 1. The predicted octanol–water partition coefficient (Wildman–Crippen LogP) is 2.12. The summed E-state index contributed by atoms with van der Waals surface area (Å²) in [5.41, 5.74) is 6.40. The van der Waals surface area contributed by atoms with Gasteiger partial charge < -0.3 is 15.2 Å². The first-order valence-electron chi connectivity index (χ1n) is 5.54. The molecule has 0 aliphatic rings. The monoisotopic (exact) mass is 237 g/mol. The first-order valence-corrected chi connectivity index (χ1v) is 5.54. The van der Waals surface area contributed by atoms with E-state index >= 15 is 0 Å². The molecule has 0 radical (unpaired) electrons. The minimum atomic E-state index is -0.711. The summed E-state index contributed by atoms with van der Waals surface area (Å²) in [6.07, 6.45) is 0. The predicted molar refractivity (Wildman–Crippen MR) is 67.1 cm³/mol. The van der Waals surface area contributed by atoms with E-state index in [9.17, 15) is 4.79 Å². The second-order valence-corrected chi connectivity index (χ2v) is 4.30. The van der Waals surface area contributed by atoms with Crippen LogP contribution in [0.5, 0.6) is 5.75 Å². The lowest BCUT2D eigenvalue weighted by molar-refractivity contribution is -0.148. The van der Waals surface area contributed by atoms with Crippen LogP contribution >= 0.6 is 0 Å². The number of nitrogen functional groups attached to an aromatic ring is 1. The minimum absolute atomic E-state index is 0.258. The Morgan fingerprint density at radius 2 is 2.06 bits per heavy atom. The number of hydrogen-bond donors (Lipinski definition) is 1. The molecule has 0 bridgehead atoms. The maximum Gasteiger partial charge on any atom is 0.315 e. The van der Waals surface area contributed by atoms with Gasteiger partial charge in [-0.25, -0.2) is 0 Å². The third kappa shape index (κ3) is 2.70. The summed E-state index contributed by atoms with van der Waals surface area (Å²) in [4.78, 5) is 11.9. The minimum Gasteiger partial charge on any atom is -0.495 e. The quantitative estimate of drug-likeness (QED) is 0.643. The van der Waals surface area contributed by atoms with Gasteiger partial charge in [0.05, 0.1) is 24.8 Å². The summed E-state index contributed by atoms with van der Waals surface area (Å²) in [5, 5.41) is 0. The highest BCUT2D eigenvalue weighted by atomic mass is 16.5. The van der Waals surface area contributed by atoms with Crippen molar-refractivity contribution in [1.29, 1.82) is 0 Å². The molecule has 0 aliphatic heterocycles. The van der Waals surface area contributed by atoms with Crippen molar-refractivity contribution in [2.24, 2.45) is 0 Å². The second kappa shape index (κ2) is 5.08. The summed E-state index contributed by atoms with van der Waals surface area (Å²) < 4.78 is 10.2. The fourth-order valence-electron chi connectivity index (χ4n) is 1.53. The summed E-state index contributed by atoms with van der Waals surface area (Å²) >= 11 is 0. The lowest BCUT2D eigenvalue weighted by Gasteiger charge is -2.23. The fourth-order valence-corrected chi connectivity index (χ4v) is 1.53. The number of hydrogen-bond acceptors (Lipinski definition) is 4. The van der Waals surface area contributed by atoms with E-state index in [1.165, 1.54) is 0 Å². The van der Waals surface area contributed by atoms with E-state index in [2.05, 4.69) is 0 Å². The van der Waals surface area contributed by atoms with Gasteiger partial charge >= 0.3 is 5.97 Å². The third-order valence-electron chi connectivity index (χ3n) is 2.74. The number of nitrogens with two attached hydrogens (primary N) is 1. The Morgan fingerprint density at radius 1 is 1.41 bits per heavy atom. The highest BCUT2D eigenvalue weighted by Gasteiger charge is 2.31. The van der Waals surface area contributed by atoms with Crippen LogP contribution < -0.4 is 10.5 Å². The number of methoxy groups -OCH3 is 1. The topological polar surface area (TPSA) is 61.5 Å². The lowest BCUT2D eigenvalue weighted by Crippen LogP contribution is -2.31. The van der Waals surface area contributed by atoms with Gasteiger partial charge in [0.15, 0.2) is 0 Å². The van der Waals surface area contributed by atoms with Crippen LogP contribution in [0.2, 0.25) is 0 Å². The van der Waals surface area contributed by atoms with Crippen molar-refractivity contribution in [1.82, 2.24) is 0 Å². The Bertz CT molecular complexity index is 413. The Labute approximate surface area is 102 Å². The van der Waals surface area contributed by atoms with Crippen molar-refractivity contribution in [2.45, 2.75) is 26.2 Å². The standard InChI is InChI=1S/C13H19NO3/c1-5-17-12(15)13(2,3)9-6-7-10(14)11(8-9)16-4/h6-8H,5,14H2,1-4H3. The van der Waals surface area contributed by atoms with E-state index in [0.717, 1.165) is 5.56 Å². The number of carbonyl (C=O) groups excluding carboxylic acids is 1. The van der Waals surface area contributed by atoms with Crippen LogP contribution in [-0.4, -0.2) is 19.7 Å². The normalized spacial score (nSPS) is 11.1. The zero-order valence-electron chi connectivity index (χ0n) is 10.7. The summed E-state index contributed by atoms with van der Waals surface area (Å²) in [6.45, 7) is 5.79. The molecule has 17 heavy (non-hydrogen) atoms. The van der Waals surface area contributed by atoms with Crippen molar-refractivity contribution in [3.8, 4) is 5.75 Å². The van der Waals surface area contributed by atoms with Crippen LogP contribution in [-0.2, 0) is 14.9 Å². The average molecular weight is 237 g/mol.